The number of nitrogens with one attached hydrogen (secondary N) is 1. The molecule has 0 aliphatic carbocycles. The van der Waals surface area contributed by atoms with Gasteiger partial charge < -0.3 is 19.9 Å². The fourth-order valence-electron chi connectivity index (χ4n) is 5.02. The van der Waals surface area contributed by atoms with Crippen LogP contribution >= 0.6 is 0 Å². The number of ether oxygens (including phenoxy) is 2. The van der Waals surface area contributed by atoms with Gasteiger partial charge in [0.2, 0.25) is 0 Å². The third kappa shape index (κ3) is 5.36. The van der Waals surface area contributed by atoms with Gasteiger partial charge in [0, 0.05) is 13.6 Å². The zero-order valence-electron chi connectivity index (χ0n) is 20.2. The lowest BCUT2D eigenvalue weighted by Gasteiger charge is -2.43. The Labute approximate surface area is 209 Å². The number of carboxylic acids is 1. The smallest absolute Gasteiger partial charge is 0.408 e. The highest BCUT2D eigenvalue weighted by Gasteiger charge is 2.36. The van der Waals surface area contributed by atoms with Gasteiger partial charge in [-0.1, -0.05) is 42.5 Å². The number of fused-ring (bicyclic) bond motifs is 3. The van der Waals surface area contributed by atoms with Crippen molar-refractivity contribution in [3.8, 4) is 5.75 Å². The third-order valence-electron chi connectivity index (χ3n) is 7.02. The van der Waals surface area contributed by atoms with Gasteiger partial charge in [0.1, 0.15) is 18.5 Å². The van der Waals surface area contributed by atoms with Gasteiger partial charge in [-0.25, -0.2) is 9.59 Å². The number of carbonyl (C=O) groups is 2. The van der Waals surface area contributed by atoms with E-state index >= 15 is 0 Å². The van der Waals surface area contributed by atoms with Gasteiger partial charge in [0.05, 0.1) is 11.7 Å². The summed E-state index contributed by atoms with van der Waals surface area (Å²) in [5.41, 5.74) is 2.38. The molecule has 3 aromatic rings. The van der Waals surface area contributed by atoms with Crippen molar-refractivity contribution >= 4 is 12.1 Å². The number of alkyl carbamates (subject to hydrolysis) is 1. The number of piperidine rings is 3. The predicted octanol–water partition coefficient (Wildman–Crippen LogP) is 3.61. The average Bonchev–Trinajstić information content (AvgIpc) is 3.28. The summed E-state index contributed by atoms with van der Waals surface area (Å²) in [6.45, 7) is 3.13. The molecular weight excluding hydrogens is 460 g/mol. The maximum Gasteiger partial charge on any atom is 0.408 e. The molecule has 36 heavy (non-hydrogen) atoms. The Hall–Kier alpha value is -3.85. The minimum absolute atomic E-state index is 0.0281. The molecule has 9 nitrogen and oxygen atoms in total. The van der Waals surface area contributed by atoms with Crippen LogP contribution in [0.4, 0.5) is 4.79 Å². The number of aryl methyl sites for hydroxylation is 1. The van der Waals surface area contributed by atoms with Crippen molar-refractivity contribution in [2.45, 2.75) is 31.6 Å². The van der Waals surface area contributed by atoms with E-state index in [1.54, 1.807) is 7.05 Å². The third-order valence-corrected chi connectivity index (χ3v) is 7.02. The molecule has 2 aromatic carbocycles. The molecule has 3 aliphatic rings. The first-order valence-electron chi connectivity index (χ1n) is 12.2. The summed E-state index contributed by atoms with van der Waals surface area (Å²) in [5, 5.41) is 16.2. The van der Waals surface area contributed by atoms with Crippen LogP contribution in [0.25, 0.3) is 0 Å². The van der Waals surface area contributed by atoms with Crippen molar-refractivity contribution in [3.05, 3.63) is 83.2 Å². The monoisotopic (exact) mass is 490 g/mol. The minimum Gasteiger partial charge on any atom is -0.487 e. The largest absolute Gasteiger partial charge is 0.487 e. The molecule has 3 saturated heterocycles. The molecule has 2 atom stereocenters. The number of carbonyl (C=O) groups excluding carboxylic acids is 1. The van der Waals surface area contributed by atoms with E-state index in [1.165, 1.54) is 10.7 Å². The molecule has 2 bridgehead atoms. The number of nitrogens with zero attached hydrogens (tertiary/aromatic N) is 3. The second-order valence-electron chi connectivity index (χ2n) is 9.38. The Morgan fingerprint density at radius 3 is 2.50 bits per heavy atom. The van der Waals surface area contributed by atoms with Crippen molar-refractivity contribution in [2.24, 2.45) is 13.0 Å². The summed E-state index contributed by atoms with van der Waals surface area (Å²) >= 11 is 0. The van der Waals surface area contributed by atoms with E-state index in [4.69, 9.17) is 14.6 Å². The minimum atomic E-state index is -1.08. The zero-order valence-corrected chi connectivity index (χ0v) is 20.2. The first kappa shape index (κ1) is 23.9. The number of carboxylic acid groups (broad SMARTS) is 1. The van der Waals surface area contributed by atoms with Gasteiger partial charge in [-0.2, -0.15) is 5.10 Å². The fourth-order valence-corrected chi connectivity index (χ4v) is 5.02. The number of hydrogen-bond acceptors (Lipinski definition) is 6. The highest BCUT2D eigenvalue weighted by molar-refractivity contribution is 5.85. The molecule has 1 amide bonds. The summed E-state index contributed by atoms with van der Waals surface area (Å²) in [4.78, 5) is 26.5. The molecule has 3 fully saturated rings. The molecule has 9 heteroatoms. The highest BCUT2D eigenvalue weighted by atomic mass is 16.6. The number of hydrogen-bond donors (Lipinski definition) is 2. The summed E-state index contributed by atoms with van der Waals surface area (Å²) < 4.78 is 13.3. The molecule has 0 spiro atoms. The van der Waals surface area contributed by atoms with Crippen molar-refractivity contribution in [1.29, 1.82) is 0 Å². The van der Waals surface area contributed by atoms with E-state index in [0.717, 1.165) is 43.6 Å². The topological polar surface area (TPSA) is 106 Å². The molecule has 1 unspecified atom stereocenters. The molecule has 0 saturated carbocycles. The highest BCUT2D eigenvalue weighted by Crippen LogP contribution is 2.30. The summed E-state index contributed by atoms with van der Waals surface area (Å²) in [6.07, 6.45) is 1.65. The molecule has 4 heterocycles. The van der Waals surface area contributed by atoms with Crippen molar-refractivity contribution in [1.82, 2.24) is 20.0 Å². The SMILES string of the molecule is Cn1nc(C(=O)O)cc1COc1cccc([C@@H](NC(=O)OC2CN3CCC2CC3)c2ccccc2)c1. The van der Waals surface area contributed by atoms with E-state index in [-0.39, 0.29) is 18.4 Å². The van der Waals surface area contributed by atoms with Crippen LogP contribution in [0.2, 0.25) is 0 Å². The zero-order chi connectivity index (χ0) is 25.1. The molecule has 1 aromatic heterocycles. The van der Waals surface area contributed by atoms with Crippen LogP contribution in [0.3, 0.4) is 0 Å². The first-order valence-corrected chi connectivity index (χ1v) is 12.2. The normalized spacial score (nSPS) is 21.5. The summed E-state index contributed by atoms with van der Waals surface area (Å²) in [6, 6.07) is 18.3. The number of benzene rings is 2. The van der Waals surface area contributed by atoms with Gasteiger partial charge in [0.15, 0.2) is 5.69 Å². The van der Waals surface area contributed by atoms with Gasteiger partial charge >= 0.3 is 12.1 Å². The molecule has 3 aliphatic heterocycles. The Balaban J connectivity index is 1.31. The summed E-state index contributed by atoms with van der Waals surface area (Å²) in [5.74, 6) is -0.0545. The molecule has 188 valence electrons. The van der Waals surface area contributed by atoms with Crippen LogP contribution in [0.5, 0.6) is 5.75 Å². The van der Waals surface area contributed by atoms with Crippen LogP contribution in [0.15, 0.2) is 60.7 Å². The number of aromatic carboxylic acids is 1. The van der Waals surface area contributed by atoms with Crippen LogP contribution < -0.4 is 10.1 Å². The number of aromatic nitrogens is 2. The van der Waals surface area contributed by atoms with Crippen molar-refractivity contribution < 1.29 is 24.2 Å². The summed E-state index contributed by atoms with van der Waals surface area (Å²) in [7, 11) is 1.68. The fraction of sp³-hybridized carbons (Fsp3) is 0.370. The second-order valence-corrected chi connectivity index (χ2v) is 9.38. The predicted molar refractivity (Wildman–Crippen MR) is 132 cm³/mol. The van der Waals surface area contributed by atoms with Gasteiger partial charge in [-0.15, -0.1) is 0 Å². The van der Waals surface area contributed by atoms with E-state index in [2.05, 4.69) is 15.3 Å². The number of amides is 1. The van der Waals surface area contributed by atoms with E-state index in [0.29, 0.717) is 17.4 Å². The maximum absolute atomic E-state index is 13.0. The molecule has 0 radical (unpaired) electrons. The van der Waals surface area contributed by atoms with Crippen LogP contribution in [-0.2, 0) is 18.4 Å². The van der Waals surface area contributed by atoms with Gasteiger partial charge in [-0.05, 0) is 61.2 Å². The first-order chi connectivity index (χ1) is 17.5. The van der Waals surface area contributed by atoms with Crippen LogP contribution in [0.1, 0.15) is 46.2 Å². The lowest BCUT2D eigenvalue weighted by Crippen LogP contribution is -2.52. The van der Waals surface area contributed by atoms with E-state index < -0.39 is 18.1 Å². The Morgan fingerprint density at radius 2 is 1.83 bits per heavy atom. The quantitative estimate of drug-likeness (QED) is 0.497. The van der Waals surface area contributed by atoms with Gasteiger partial charge in [0.25, 0.3) is 0 Å². The molecule has 6 rings (SSSR count). The van der Waals surface area contributed by atoms with Crippen molar-refractivity contribution in [2.75, 3.05) is 19.6 Å². The van der Waals surface area contributed by atoms with Gasteiger partial charge in [-0.3, -0.25) is 9.58 Å². The lowest BCUT2D eigenvalue weighted by atomic mass is 9.86. The Bertz CT molecular complexity index is 1220. The van der Waals surface area contributed by atoms with E-state index in [9.17, 15) is 9.59 Å². The average molecular weight is 491 g/mol. The molecule has 2 N–H and O–H groups in total. The molecular formula is C27H30N4O5. The standard InChI is InChI=1S/C27H30N4O5/c1-30-21(15-23(29-30)26(32)33)17-35-22-9-5-8-20(14-22)25(19-6-3-2-4-7-19)28-27(34)36-24-16-31-12-10-18(24)11-13-31/h2-9,14-15,18,24-25H,10-13,16-17H2,1H3,(H,28,34)(H,32,33)/t24?,25-/m0/s1. The Kier molecular flexibility index (Phi) is 6.90. The van der Waals surface area contributed by atoms with Crippen LogP contribution in [0, 0.1) is 5.92 Å². The Morgan fingerprint density at radius 1 is 1.08 bits per heavy atom. The van der Waals surface area contributed by atoms with Crippen molar-refractivity contribution in [3.63, 3.8) is 0 Å². The lowest BCUT2D eigenvalue weighted by molar-refractivity contribution is -0.0336. The van der Waals surface area contributed by atoms with E-state index in [1.807, 2.05) is 54.6 Å². The second kappa shape index (κ2) is 10.4. The number of rotatable bonds is 8. The maximum atomic E-state index is 13.0. The van der Waals surface area contributed by atoms with Crippen LogP contribution in [-0.4, -0.2) is 57.6 Å².